The van der Waals surface area contributed by atoms with Gasteiger partial charge < -0.3 is 9.40 Å². The molecule has 1 aliphatic rings. The predicted molar refractivity (Wildman–Crippen MR) is 115 cm³/mol. The second kappa shape index (κ2) is 8.32. The molecule has 33 heavy (non-hydrogen) atoms. The van der Waals surface area contributed by atoms with Crippen LogP contribution >= 0.6 is 0 Å². The quantitative estimate of drug-likeness (QED) is 0.487. The van der Waals surface area contributed by atoms with Crippen LogP contribution in [-0.4, -0.2) is 26.4 Å². The van der Waals surface area contributed by atoms with Crippen molar-refractivity contribution in [1.29, 1.82) is 0 Å². The van der Waals surface area contributed by atoms with Gasteiger partial charge in [-0.05, 0) is 30.3 Å². The lowest BCUT2D eigenvalue weighted by atomic mass is 10.1. The first kappa shape index (κ1) is 21.1. The third kappa shape index (κ3) is 4.31. The van der Waals surface area contributed by atoms with Crippen molar-refractivity contribution >= 4 is 0 Å². The molecule has 0 radical (unpaired) electrons. The SMILES string of the molecule is O=c1[nH]c(-c2ccncc2)nc2c1CN(Cc1ccc(-c3ccccc3C(F)(F)F)o1)CC2. The number of aromatic amines is 1. The maximum Gasteiger partial charge on any atom is 0.417 e. The summed E-state index contributed by atoms with van der Waals surface area (Å²) in [4.78, 5) is 26.2. The zero-order chi connectivity index (χ0) is 23.0. The van der Waals surface area contributed by atoms with E-state index in [9.17, 15) is 18.0 Å². The number of furan rings is 1. The van der Waals surface area contributed by atoms with E-state index in [1.807, 2.05) is 4.90 Å². The molecule has 0 atom stereocenters. The number of fused-ring (bicyclic) bond motifs is 1. The van der Waals surface area contributed by atoms with Crippen molar-refractivity contribution in [2.24, 2.45) is 0 Å². The van der Waals surface area contributed by atoms with Crippen molar-refractivity contribution in [3.05, 3.63) is 93.9 Å². The van der Waals surface area contributed by atoms with Crippen LogP contribution in [0.1, 0.15) is 22.6 Å². The highest BCUT2D eigenvalue weighted by Gasteiger charge is 2.34. The van der Waals surface area contributed by atoms with Crippen molar-refractivity contribution in [2.45, 2.75) is 25.7 Å². The molecule has 0 amide bonds. The average Bonchev–Trinajstić information content (AvgIpc) is 3.28. The van der Waals surface area contributed by atoms with Crippen LogP contribution in [0.2, 0.25) is 0 Å². The van der Waals surface area contributed by atoms with Crippen LogP contribution in [0.3, 0.4) is 0 Å². The molecule has 0 bridgehead atoms. The molecule has 4 heterocycles. The van der Waals surface area contributed by atoms with E-state index in [0.717, 1.165) is 17.3 Å². The Kier molecular flexibility index (Phi) is 5.33. The Morgan fingerprint density at radius 3 is 2.64 bits per heavy atom. The highest BCUT2D eigenvalue weighted by molar-refractivity contribution is 5.63. The molecule has 6 nitrogen and oxygen atoms in total. The van der Waals surface area contributed by atoms with Gasteiger partial charge in [0.15, 0.2) is 0 Å². The molecule has 0 spiro atoms. The number of hydrogen-bond donors (Lipinski definition) is 1. The Bertz CT molecular complexity index is 1350. The highest BCUT2D eigenvalue weighted by atomic mass is 19.4. The first-order chi connectivity index (χ1) is 15.9. The third-order valence-electron chi connectivity index (χ3n) is 5.64. The number of alkyl halides is 3. The van der Waals surface area contributed by atoms with E-state index in [1.165, 1.54) is 12.1 Å². The molecule has 0 aliphatic carbocycles. The molecule has 1 aromatic carbocycles. The molecular weight excluding hydrogens is 433 g/mol. The average molecular weight is 452 g/mol. The lowest BCUT2D eigenvalue weighted by Crippen LogP contribution is -2.35. The van der Waals surface area contributed by atoms with Gasteiger partial charge in [-0.15, -0.1) is 0 Å². The van der Waals surface area contributed by atoms with E-state index in [4.69, 9.17) is 4.42 Å². The monoisotopic (exact) mass is 452 g/mol. The van der Waals surface area contributed by atoms with Gasteiger partial charge in [-0.3, -0.25) is 14.7 Å². The van der Waals surface area contributed by atoms with Crippen LogP contribution in [0, 0.1) is 0 Å². The lowest BCUT2D eigenvalue weighted by Gasteiger charge is -2.26. The van der Waals surface area contributed by atoms with Crippen molar-refractivity contribution in [1.82, 2.24) is 19.9 Å². The summed E-state index contributed by atoms with van der Waals surface area (Å²) in [5.41, 5.74) is 1.20. The van der Waals surface area contributed by atoms with E-state index in [-0.39, 0.29) is 16.9 Å². The molecule has 0 fully saturated rings. The Labute approximate surface area is 186 Å². The van der Waals surface area contributed by atoms with Crippen LogP contribution in [-0.2, 0) is 25.7 Å². The van der Waals surface area contributed by atoms with Crippen molar-refractivity contribution < 1.29 is 17.6 Å². The number of rotatable bonds is 4. The Balaban J connectivity index is 1.35. The van der Waals surface area contributed by atoms with Crippen molar-refractivity contribution in [2.75, 3.05) is 6.54 Å². The lowest BCUT2D eigenvalue weighted by molar-refractivity contribution is -0.137. The molecule has 0 saturated heterocycles. The fourth-order valence-electron chi connectivity index (χ4n) is 4.04. The third-order valence-corrected chi connectivity index (χ3v) is 5.64. The molecular formula is C24H19F3N4O2. The number of nitrogens with zero attached hydrogens (tertiary/aromatic N) is 3. The summed E-state index contributed by atoms with van der Waals surface area (Å²) in [5.74, 6) is 1.20. The summed E-state index contributed by atoms with van der Waals surface area (Å²) in [6.07, 6.45) is -0.604. The molecule has 168 valence electrons. The topological polar surface area (TPSA) is 75.0 Å². The van der Waals surface area contributed by atoms with Crippen molar-refractivity contribution in [3.8, 4) is 22.7 Å². The van der Waals surface area contributed by atoms with Crippen LogP contribution in [0.25, 0.3) is 22.7 Å². The van der Waals surface area contributed by atoms with E-state index in [0.29, 0.717) is 43.2 Å². The molecule has 1 aliphatic heterocycles. The number of H-pyrrole nitrogens is 1. The standard InChI is InChI=1S/C24H19F3N4O2/c25-24(26,27)19-4-2-1-3-17(19)21-6-5-16(33-21)13-31-12-9-20-18(14-31)23(32)30-22(29-20)15-7-10-28-11-8-15/h1-8,10-11H,9,12-14H2,(H,29,30,32). The number of nitrogens with one attached hydrogen (secondary N) is 1. The minimum absolute atomic E-state index is 0.00419. The molecule has 0 saturated carbocycles. The van der Waals surface area contributed by atoms with E-state index in [1.54, 1.807) is 42.7 Å². The summed E-state index contributed by atoms with van der Waals surface area (Å²) < 4.78 is 45.8. The fourth-order valence-corrected chi connectivity index (χ4v) is 4.04. The van der Waals surface area contributed by atoms with Gasteiger partial charge in [-0.25, -0.2) is 4.98 Å². The zero-order valence-electron chi connectivity index (χ0n) is 17.4. The molecule has 9 heteroatoms. The number of benzene rings is 1. The normalized spacial score (nSPS) is 14.3. The fraction of sp³-hybridized carbons (Fsp3) is 0.208. The molecule has 0 unspecified atom stereocenters. The minimum Gasteiger partial charge on any atom is -0.460 e. The molecule has 5 rings (SSSR count). The zero-order valence-corrected chi connectivity index (χ0v) is 17.4. The van der Waals surface area contributed by atoms with Crippen LogP contribution in [0.15, 0.2) is 70.1 Å². The van der Waals surface area contributed by atoms with Crippen LogP contribution in [0.5, 0.6) is 0 Å². The van der Waals surface area contributed by atoms with E-state index < -0.39 is 11.7 Å². The van der Waals surface area contributed by atoms with Gasteiger partial charge in [0.2, 0.25) is 0 Å². The van der Waals surface area contributed by atoms with Gasteiger partial charge in [0, 0.05) is 43.0 Å². The van der Waals surface area contributed by atoms with Crippen LogP contribution < -0.4 is 5.56 Å². The van der Waals surface area contributed by atoms with Gasteiger partial charge >= 0.3 is 6.18 Å². The van der Waals surface area contributed by atoms with Gasteiger partial charge in [0.05, 0.1) is 23.4 Å². The van der Waals surface area contributed by atoms with Gasteiger partial charge in [-0.1, -0.05) is 18.2 Å². The number of aromatic nitrogens is 3. The summed E-state index contributed by atoms with van der Waals surface area (Å²) in [5, 5.41) is 0. The highest BCUT2D eigenvalue weighted by Crippen LogP contribution is 2.37. The van der Waals surface area contributed by atoms with Gasteiger partial charge in [0.25, 0.3) is 5.56 Å². The molecule has 4 aromatic rings. The van der Waals surface area contributed by atoms with E-state index >= 15 is 0 Å². The maximum absolute atomic E-state index is 13.3. The van der Waals surface area contributed by atoms with E-state index in [2.05, 4.69) is 15.0 Å². The minimum atomic E-state index is -4.47. The Morgan fingerprint density at radius 2 is 1.85 bits per heavy atom. The molecule has 3 aromatic heterocycles. The second-order valence-corrected chi connectivity index (χ2v) is 7.85. The molecule has 1 N–H and O–H groups in total. The number of pyridine rings is 1. The predicted octanol–water partition coefficient (Wildman–Crippen LogP) is 4.67. The van der Waals surface area contributed by atoms with Crippen molar-refractivity contribution in [3.63, 3.8) is 0 Å². The number of halogens is 3. The Morgan fingerprint density at radius 1 is 1.06 bits per heavy atom. The first-order valence-electron chi connectivity index (χ1n) is 10.4. The van der Waals surface area contributed by atoms with Gasteiger partial charge in [0.1, 0.15) is 17.3 Å². The first-order valence-corrected chi connectivity index (χ1v) is 10.4. The summed E-state index contributed by atoms with van der Waals surface area (Å²) in [6, 6.07) is 12.1. The smallest absolute Gasteiger partial charge is 0.417 e. The second-order valence-electron chi connectivity index (χ2n) is 7.85. The Hall–Kier alpha value is -3.72. The summed E-state index contributed by atoms with van der Waals surface area (Å²) in [6.45, 7) is 1.40. The summed E-state index contributed by atoms with van der Waals surface area (Å²) in [7, 11) is 0. The van der Waals surface area contributed by atoms with Crippen LogP contribution in [0.4, 0.5) is 13.2 Å². The van der Waals surface area contributed by atoms with Gasteiger partial charge in [-0.2, -0.15) is 13.2 Å². The summed E-state index contributed by atoms with van der Waals surface area (Å²) >= 11 is 0. The maximum atomic E-state index is 13.3. The number of hydrogen-bond acceptors (Lipinski definition) is 5. The largest absolute Gasteiger partial charge is 0.460 e.